The average molecular weight is 266 g/mol. The van der Waals surface area contributed by atoms with Gasteiger partial charge in [0.2, 0.25) is 5.91 Å². The Labute approximate surface area is 117 Å². The molecule has 0 bridgehead atoms. The minimum atomic E-state index is 0.258. The van der Waals surface area contributed by atoms with Gasteiger partial charge in [-0.25, -0.2) is 0 Å². The average Bonchev–Trinajstić information content (AvgIpc) is 2.68. The third-order valence-electron chi connectivity index (χ3n) is 4.93. The second kappa shape index (κ2) is 7.88. The van der Waals surface area contributed by atoms with Crippen LogP contribution in [0, 0.1) is 11.8 Å². The first kappa shape index (κ1) is 14.8. The molecule has 0 saturated heterocycles. The monoisotopic (exact) mass is 266 g/mol. The Hall–Kier alpha value is -0.570. The van der Waals surface area contributed by atoms with Gasteiger partial charge >= 0.3 is 0 Å². The van der Waals surface area contributed by atoms with Crippen LogP contribution in [0.1, 0.15) is 70.6 Å². The highest BCUT2D eigenvalue weighted by Gasteiger charge is 2.28. The molecule has 3 N–H and O–H groups in total. The van der Waals surface area contributed by atoms with E-state index in [1.165, 1.54) is 51.4 Å². The fraction of sp³-hybridized carbons (Fsp3) is 0.938. The van der Waals surface area contributed by atoms with Crippen molar-refractivity contribution in [2.75, 3.05) is 6.54 Å². The van der Waals surface area contributed by atoms with Crippen LogP contribution >= 0.6 is 0 Å². The van der Waals surface area contributed by atoms with E-state index in [4.69, 9.17) is 5.73 Å². The molecule has 2 unspecified atom stereocenters. The Morgan fingerprint density at radius 1 is 1.00 bits per heavy atom. The van der Waals surface area contributed by atoms with Crippen LogP contribution in [-0.2, 0) is 4.79 Å². The smallest absolute Gasteiger partial charge is 0.223 e. The lowest BCUT2D eigenvalue weighted by atomic mass is 9.79. The molecule has 2 saturated carbocycles. The Balaban J connectivity index is 1.78. The largest absolute Gasteiger partial charge is 0.353 e. The molecule has 2 fully saturated rings. The van der Waals surface area contributed by atoms with Crippen LogP contribution in [-0.4, -0.2) is 18.5 Å². The predicted molar refractivity (Wildman–Crippen MR) is 78.8 cm³/mol. The van der Waals surface area contributed by atoms with E-state index < -0.39 is 0 Å². The number of hydrogen-bond donors (Lipinski definition) is 2. The zero-order chi connectivity index (χ0) is 13.5. The lowest BCUT2D eigenvalue weighted by molar-refractivity contribution is -0.127. The third-order valence-corrected chi connectivity index (χ3v) is 4.93. The molecule has 110 valence electrons. The summed E-state index contributed by atoms with van der Waals surface area (Å²) in [6.45, 7) is 0.766. The summed E-state index contributed by atoms with van der Waals surface area (Å²) in [5.41, 5.74) is 5.65. The van der Waals surface area contributed by atoms with E-state index in [1.807, 2.05) is 0 Å². The maximum Gasteiger partial charge on any atom is 0.223 e. The van der Waals surface area contributed by atoms with Gasteiger partial charge in [0, 0.05) is 12.0 Å². The summed E-state index contributed by atoms with van der Waals surface area (Å²) < 4.78 is 0. The van der Waals surface area contributed by atoms with Crippen molar-refractivity contribution in [2.45, 2.75) is 76.7 Å². The van der Waals surface area contributed by atoms with Crippen LogP contribution < -0.4 is 11.1 Å². The summed E-state index contributed by atoms with van der Waals surface area (Å²) in [5, 5.41) is 3.32. The van der Waals surface area contributed by atoms with Gasteiger partial charge in [-0.15, -0.1) is 0 Å². The van der Waals surface area contributed by atoms with Crippen molar-refractivity contribution in [3.05, 3.63) is 0 Å². The van der Waals surface area contributed by atoms with Gasteiger partial charge in [0.25, 0.3) is 0 Å². The fourth-order valence-electron chi connectivity index (χ4n) is 3.77. The molecule has 2 aliphatic carbocycles. The quantitative estimate of drug-likeness (QED) is 0.769. The molecule has 0 heterocycles. The SMILES string of the molecule is NCCC1CCCC(C(=O)NC2CCCCCC2)C1. The molecule has 2 rings (SSSR count). The van der Waals surface area contributed by atoms with E-state index in [1.54, 1.807) is 0 Å². The highest BCUT2D eigenvalue weighted by Crippen LogP contribution is 2.31. The maximum atomic E-state index is 12.4. The second-order valence-corrected chi connectivity index (χ2v) is 6.50. The molecule has 0 radical (unpaired) electrons. The number of amides is 1. The Kier molecular flexibility index (Phi) is 6.15. The van der Waals surface area contributed by atoms with Crippen molar-refractivity contribution in [1.82, 2.24) is 5.32 Å². The van der Waals surface area contributed by atoms with Crippen LogP contribution in [0.15, 0.2) is 0 Å². The van der Waals surface area contributed by atoms with E-state index in [-0.39, 0.29) is 5.92 Å². The van der Waals surface area contributed by atoms with Gasteiger partial charge in [0.05, 0.1) is 0 Å². The van der Waals surface area contributed by atoms with Gasteiger partial charge in [-0.05, 0) is 44.6 Å². The Bertz CT molecular complexity index is 270. The topological polar surface area (TPSA) is 55.1 Å². The first-order valence-electron chi connectivity index (χ1n) is 8.30. The minimum absolute atomic E-state index is 0.258. The molecule has 0 aromatic heterocycles. The summed E-state index contributed by atoms with van der Waals surface area (Å²) in [4.78, 5) is 12.4. The molecular weight excluding hydrogens is 236 g/mol. The summed E-state index contributed by atoms with van der Waals surface area (Å²) in [6.07, 6.45) is 13.3. The van der Waals surface area contributed by atoms with Crippen LogP contribution in [0.3, 0.4) is 0 Å². The highest BCUT2D eigenvalue weighted by atomic mass is 16.1. The third kappa shape index (κ3) is 4.79. The number of nitrogens with one attached hydrogen (secondary N) is 1. The molecule has 2 atom stereocenters. The standard InChI is InChI=1S/C16H30N2O/c17-11-10-13-6-5-7-14(12-13)16(19)18-15-8-3-1-2-4-9-15/h13-15H,1-12,17H2,(H,18,19). The van der Waals surface area contributed by atoms with Crippen molar-refractivity contribution >= 4 is 5.91 Å². The normalized spacial score (nSPS) is 29.7. The minimum Gasteiger partial charge on any atom is -0.353 e. The second-order valence-electron chi connectivity index (χ2n) is 6.50. The molecule has 2 aliphatic rings. The zero-order valence-corrected chi connectivity index (χ0v) is 12.2. The summed E-state index contributed by atoms with van der Waals surface area (Å²) in [6, 6.07) is 0.449. The van der Waals surface area contributed by atoms with E-state index in [0.29, 0.717) is 17.9 Å². The molecule has 0 spiro atoms. The van der Waals surface area contributed by atoms with Crippen LogP contribution in [0.5, 0.6) is 0 Å². The molecule has 19 heavy (non-hydrogen) atoms. The first-order valence-corrected chi connectivity index (χ1v) is 8.30. The van der Waals surface area contributed by atoms with Gasteiger partial charge in [-0.1, -0.05) is 38.5 Å². The van der Waals surface area contributed by atoms with Crippen molar-refractivity contribution in [1.29, 1.82) is 0 Å². The molecule has 3 heteroatoms. The number of hydrogen-bond acceptors (Lipinski definition) is 2. The predicted octanol–water partition coefficient (Wildman–Crippen LogP) is 2.98. The lowest BCUT2D eigenvalue weighted by Gasteiger charge is -2.29. The summed E-state index contributed by atoms with van der Waals surface area (Å²) >= 11 is 0. The number of rotatable bonds is 4. The van der Waals surface area contributed by atoms with E-state index in [0.717, 1.165) is 25.8 Å². The number of carbonyl (C=O) groups is 1. The van der Waals surface area contributed by atoms with Crippen molar-refractivity contribution < 1.29 is 4.79 Å². The highest BCUT2D eigenvalue weighted by molar-refractivity contribution is 5.79. The van der Waals surface area contributed by atoms with E-state index in [2.05, 4.69) is 5.32 Å². The van der Waals surface area contributed by atoms with Crippen LogP contribution in [0.2, 0.25) is 0 Å². The van der Waals surface area contributed by atoms with Gasteiger partial charge in [-0.3, -0.25) is 4.79 Å². The maximum absolute atomic E-state index is 12.4. The molecule has 0 aromatic rings. The van der Waals surface area contributed by atoms with Crippen molar-refractivity contribution in [3.8, 4) is 0 Å². The van der Waals surface area contributed by atoms with Crippen molar-refractivity contribution in [2.24, 2.45) is 17.6 Å². The van der Waals surface area contributed by atoms with E-state index >= 15 is 0 Å². The van der Waals surface area contributed by atoms with E-state index in [9.17, 15) is 4.79 Å². The Morgan fingerprint density at radius 2 is 1.74 bits per heavy atom. The van der Waals surface area contributed by atoms with Gasteiger partial charge in [0.1, 0.15) is 0 Å². The molecule has 0 aromatic carbocycles. The van der Waals surface area contributed by atoms with Crippen LogP contribution in [0.25, 0.3) is 0 Å². The lowest BCUT2D eigenvalue weighted by Crippen LogP contribution is -2.40. The summed E-state index contributed by atoms with van der Waals surface area (Å²) in [5.74, 6) is 1.27. The molecule has 1 amide bonds. The molecule has 0 aliphatic heterocycles. The van der Waals surface area contributed by atoms with Crippen LogP contribution in [0.4, 0.5) is 0 Å². The Morgan fingerprint density at radius 3 is 2.42 bits per heavy atom. The first-order chi connectivity index (χ1) is 9.29. The fourth-order valence-corrected chi connectivity index (χ4v) is 3.77. The number of nitrogens with two attached hydrogens (primary N) is 1. The zero-order valence-electron chi connectivity index (χ0n) is 12.2. The number of carbonyl (C=O) groups excluding carboxylic acids is 1. The molecular formula is C16H30N2O. The molecule has 3 nitrogen and oxygen atoms in total. The van der Waals surface area contributed by atoms with Gasteiger partial charge in [-0.2, -0.15) is 0 Å². The van der Waals surface area contributed by atoms with Crippen molar-refractivity contribution in [3.63, 3.8) is 0 Å². The van der Waals surface area contributed by atoms with Gasteiger partial charge in [0.15, 0.2) is 0 Å². The summed E-state index contributed by atoms with van der Waals surface area (Å²) in [7, 11) is 0. The van der Waals surface area contributed by atoms with Gasteiger partial charge < -0.3 is 11.1 Å².